The van der Waals surface area contributed by atoms with Crippen LogP contribution >= 0.6 is 11.6 Å². The summed E-state index contributed by atoms with van der Waals surface area (Å²) >= 11 is 5.83. The molecule has 1 heterocycles. The van der Waals surface area contributed by atoms with E-state index < -0.39 is 23.1 Å². The van der Waals surface area contributed by atoms with Gasteiger partial charge in [0.15, 0.2) is 0 Å². The molecule has 3 aromatic rings. The van der Waals surface area contributed by atoms with E-state index >= 15 is 0 Å². The molecule has 1 N–H and O–H groups in total. The summed E-state index contributed by atoms with van der Waals surface area (Å²) in [5.41, 5.74) is -0.227. The molecule has 0 saturated carbocycles. The largest absolute Gasteiger partial charge is 0.319 e. The fraction of sp³-hybridized carbons (Fsp3) is 0.0526. The lowest BCUT2D eigenvalue weighted by Gasteiger charge is -2.10. The van der Waals surface area contributed by atoms with Crippen LogP contribution in [0.2, 0.25) is 5.02 Å². The Morgan fingerprint density at radius 2 is 1.81 bits per heavy atom. The van der Waals surface area contributed by atoms with Gasteiger partial charge in [-0.1, -0.05) is 23.7 Å². The van der Waals surface area contributed by atoms with Crippen molar-refractivity contribution in [2.45, 2.75) is 6.54 Å². The van der Waals surface area contributed by atoms with E-state index in [0.29, 0.717) is 5.02 Å². The van der Waals surface area contributed by atoms with E-state index in [0.717, 1.165) is 23.8 Å². The first kappa shape index (κ1) is 17.8. The highest BCUT2D eigenvalue weighted by atomic mass is 35.5. The van der Waals surface area contributed by atoms with Crippen LogP contribution in [0.1, 0.15) is 15.9 Å². The number of pyridine rings is 1. The molecule has 2 aromatic carbocycles. The lowest BCUT2D eigenvalue weighted by Crippen LogP contribution is -2.29. The van der Waals surface area contributed by atoms with E-state index in [1.807, 2.05) is 0 Å². The van der Waals surface area contributed by atoms with Crippen molar-refractivity contribution < 1.29 is 13.6 Å². The van der Waals surface area contributed by atoms with Gasteiger partial charge in [0.1, 0.15) is 17.2 Å². The van der Waals surface area contributed by atoms with E-state index in [4.69, 9.17) is 11.6 Å². The predicted molar refractivity (Wildman–Crippen MR) is 95.6 cm³/mol. The molecule has 132 valence electrons. The smallest absolute Gasteiger partial charge is 0.263 e. The molecule has 0 spiro atoms. The van der Waals surface area contributed by atoms with Crippen LogP contribution in [0.5, 0.6) is 0 Å². The van der Waals surface area contributed by atoms with E-state index in [1.165, 1.54) is 22.9 Å². The Balaban J connectivity index is 1.86. The summed E-state index contributed by atoms with van der Waals surface area (Å²) in [5.74, 6) is -2.31. The topological polar surface area (TPSA) is 51.1 Å². The number of carbonyl (C=O) groups is 1. The number of carbonyl (C=O) groups excluding carboxylic acids is 1. The lowest BCUT2D eigenvalue weighted by molar-refractivity contribution is 0.102. The molecule has 0 aliphatic rings. The molecule has 1 amide bonds. The third-order valence-electron chi connectivity index (χ3n) is 3.71. The maximum absolute atomic E-state index is 13.7. The zero-order chi connectivity index (χ0) is 18.7. The fourth-order valence-corrected chi connectivity index (χ4v) is 2.53. The number of nitrogens with zero attached hydrogens (tertiary/aromatic N) is 1. The van der Waals surface area contributed by atoms with Gasteiger partial charge in [-0.3, -0.25) is 9.59 Å². The van der Waals surface area contributed by atoms with Crippen LogP contribution in [0.15, 0.2) is 65.6 Å². The molecule has 0 fully saturated rings. The van der Waals surface area contributed by atoms with Crippen molar-refractivity contribution in [1.29, 1.82) is 0 Å². The molecule has 3 rings (SSSR count). The second-order valence-corrected chi connectivity index (χ2v) is 6.00. The highest BCUT2D eigenvalue weighted by molar-refractivity contribution is 6.30. The number of rotatable bonds is 4. The van der Waals surface area contributed by atoms with Crippen LogP contribution < -0.4 is 10.9 Å². The van der Waals surface area contributed by atoms with Gasteiger partial charge >= 0.3 is 0 Å². The van der Waals surface area contributed by atoms with Gasteiger partial charge in [0.25, 0.3) is 11.5 Å². The van der Waals surface area contributed by atoms with Crippen LogP contribution in [0, 0.1) is 11.6 Å². The Kier molecular flexibility index (Phi) is 5.14. The van der Waals surface area contributed by atoms with Crippen molar-refractivity contribution in [3.8, 4) is 0 Å². The van der Waals surface area contributed by atoms with Gasteiger partial charge in [0.2, 0.25) is 0 Å². The van der Waals surface area contributed by atoms with Gasteiger partial charge in [-0.15, -0.1) is 0 Å². The molecule has 26 heavy (non-hydrogen) atoms. The Hall–Kier alpha value is -2.99. The van der Waals surface area contributed by atoms with Crippen LogP contribution in [0.3, 0.4) is 0 Å². The predicted octanol–water partition coefficient (Wildman–Crippen LogP) is 4.08. The van der Waals surface area contributed by atoms with Crippen molar-refractivity contribution in [2.75, 3.05) is 5.32 Å². The van der Waals surface area contributed by atoms with Gasteiger partial charge in [-0.2, -0.15) is 0 Å². The van der Waals surface area contributed by atoms with Crippen molar-refractivity contribution in [3.63, 3.8) is 0 Å². The summed E-state index contributed by atoms with van der Waals surface area (Å²) in [6.45, 7) is 0.242. The van der Waals surface area contributed by atoms with Gasteiger partial charge in [-0.05, 0) is 42.0 Å². The van der Waals surface area contributed by atoms with Gasteiger partial charge < -0.3 is 9.88 Å². The Bertz CT molecular complexity index is 1020. The molecule has 0 bridgehead atoms. The highest BCUT2D eigenvalue weighted by Gasteiger charge is 2.15. The SMILES string of the molecule is O=C(Nc1cc(F)ccc1F)c1cccn(Cc2ccc(Cl)cc2)c1=O. The summed E-state index contributed by atoms with van der Waals surface area (Å²) in [4.78, 5) is 24.8. The number of hydrogen-bond donors (Lipinski definition) is 1. The second-order valence-electron chi connectivity index (χ2n) is 5.56. The third kappa shape index (κ3) is 3.97. The van der Waals surface area contributed by atoms with Gasteiger partial charge in [0, 0.05) is 17.3 Å². The van der Waals surface area contributed by atoms with Gasteiger partial charge in [0.05, 0.1) is 12.2 Å². The minimum atomic E-state index is -0.815. The molecule has 4 nitrogen and oxygen atoms in total. The molecule has 7 heteroatoms. The normalized spacial score (nSPS) is 10.6. The van der Waals surface area contributed by atoms with E-state index in [1.54, 1.807) is 24.3 Å². The summed E-state index contributed by atoms with van der Waals surface area (Å²) in [6, 6.07) is 12.5. The number of amides is 1. The van der Waals surface area contributed by atoms with E-state index in [-0.39, 0.29) is 17.8 Å². The Morgan fingerprint density at radius 1 is 1.08 bits per heavy atom. The molecule has 0 aliphatic heterocycles. The summed E-state index contributed by atoms with van der Waals surface area (Å²) < 4.78 is 28.2. The number of anilines is 1. The van der Waals surface area contributed by atoms with Crippen LogP contribution in [-0.2, 0) is 6.54 Å². The third-order valence-corrected chi connectivity index (χ3v) is 3.96. The summed E-state index contributed by atoms with van der Waals surface area (Å²) in [7, 11) is 0. The molecule has 0 saturated heterocycles. The molecular formula is C19H13ClF2N2O2. The zero-order valence-electron chi connectivity index (χ0n) is 13.4. The Morgan fingerprint density at radius 3 is 2.54 bits per heavy atom. The summed E-state index contributed by atoms with van der Waals surface area (Å²) in [6.07, 6.45) is 1.54. The number of halogens is 3. The zero-order valence-corrected chi connectivity index (χ0v) is 14.1. The highest BCUT2D eigenvalue weighted by Crippen LogP contribution is 2.16. The molecule has 0 aliphatic carbocycles. The van der Waals surface area contributed by atoms with Crippen molar-refractivity contribution in [1.82, 2.24) is 4.57 Å². The molecular weight excluding hydrogens is 362 g/mol. The van der Waals surface area contributed by atoms with Crippen LogP contribution in [0.4, 0.5) is 14.5 Å². The van der Waals surface area contributed by atoms with Crippen LogP contribution in [0.25, 0.3) is 0 Å². The van der Waals surface area contributed by atoms with E-state index in [2.05, 4.69) is 5.32 Å². The molecule has 0 radical (unpaired) electrons. The van der Waals surface area contributed by atoms with Crippen molar-refractivity contribution in [3.05, 3.63) is 98.9 Å². The number of benzene rings is 2. The number of nitrogens with one attached hydrogen (secondary N) is 1. The average molecular weight is 375 g/mol. The van der Waals surface area contributed by atoms with Crippen LogP contribution in [-0.4, -0.2) is 10.5 Å². The molecule has 1 aromatic heterocycles. The molecule has 0 atom stereocenters. The number of hydrogen-bond acceptors (Lipinski definition) is 2. The Labute approximate surface area is 152 Å². The minimum absolute atomic E-state index is 0.176. The standard InChI is InChI=1S/C19H13ClF2N2O2/c20-13-5-3-12(4-6-13)11-24-9-1-2-15(19(24)26)18(25)23-17-10-14(21)7-8-16(17)22/h1-10H,11H2,(H,23,25). The van der Waals surface area contributed by atoms with Gasteiger partial charge in [-0.25, -0.2) is 8.78 Å². The van der Waals surface area contributed by atoms with Crippen molar-refractivity contribution >= 4 is 23.2 Å². The number of aromatic nitrogens is 1. The average Bonchev–Trinajstić information content (AvgIpc) is 2.62. The first-order valence-corrected chi connectivity index (χ1v) is 8.02. The quantitative estimate of drug-likeness (QED) is 0.748. The monoisotopic (exact) mass is 374 g/mol. The fourth-order valence-electron chi connectivity index (χ4n) is 2.40. The molecule has 0 unspecified atom stereocenters. The lowest BCUT2D eigenvalue weighted by atomic mass is 10.2. The maximum atomic E-state index is 13.7. The van der Waals surface area contributed by atoms with E-state index in [9.17, 15) is 18.4 Å². The first-order valence-electron chi connectivity index (χ1n) is 7.64. The minimum Gasteiger partial charge on any atom is -0.319 e. The maximum Gasteiger partial charge on any atom is 0.263 e. The summed E-state index contributed by atoms with van der Waals surface area (Å²) in [5, 5.41) is 2.80. The second kappa shape index (κ2) is 7.49. The van der Waals surface area contributed by atoms with Crippen molar-refractivity contribution in [2.24, 2.45) is 0 Å². The first-order chi connectivity index (χ1) is 12.4.